The molecule has 0 bridgehead atoms. The monoisotopic (exact) mass is 329 g/mol. The standard InChI is InChI=1S/C18H23N3O3/c1-21-12-19-10-16(21)17-9-15(6-7-24-17)20-18(22)14-5-3-4-13(8-14)11-23-2/h3-5,8,10,12,15,17H,6-7,9,11H2,1-2H3,(H,20,22). The Hall–Kier alpha value is -2.18. The molecule has 1 saturated heterocycles. The maximum atomic E-state index is 12.5. The Labute approximate surface area is 141 Å². The van der Waals surface area contributed by atoms with Gasteiger partial charge in [0.25, 0.3) is 5.91 Å². The summed E-state index contributed by atoms with van der Waals surface area (Å²) < 4.78 is 12.9. The van der Waals surface area contributed by atoms with Crippen molar-refractivity contribution in [3.63, 3.8) is 0 Å². The molecule has 0 saturated carbocycles. The average Bonchev–Trinajstić information content (AvgIpc) is 3.02. The van der Waals surface area contributed by atoms with Crippen molar-refractivity contribution >= 4 is 5.91 Å². The fourth-order valence-electron chi connectivity index (χ4n) is 3.05. The molecule has 3 rings (SSSR count). The van der Waals surface area contributed by atoms with E-state index in [1.807, 2.05) is 42.1 Å². The number of aromatic nitrogens is 2. The number of aryl methyl sites for hydroxylation is 1. The number of rotatable bonds is 5. The van der Waals surface area contributed by atoms with Crippen LogP contribution in [0, 0.1) is 0 Å². The van der Waals surface area contributed by atoms with Crippen LogP contribution in [0.2, 0.25) is 0 Å². The molecule has 0 radical (unpaired) electrons. The molecule has 1 aromatic heterocycles. The number of imidazole rings is 1. The molecule has 1 aliphatic rings. The van der Waals surface area contributed by atoms with Crippen molar-refractivity contribution in [2.24, 2.45) is 7.05 Å². The van der Waals surface area contributed by atoms with Crippen LogP contribution in [-0.2, 0) is 23.1 Å². The lowest BCUT2D eigenvalue weighted by Gasteiger charge is -2.30. The Morgan fingerprint density at radius 1 is 1.50 bits per heavy atom. The third-order valence-electron chi connectivity index (χ3n) is 4.30. The summed E-state index contributed by atoms with van der Waals surface area (Å²) in [6.45, 7) is 1.13. The third-order valence-corrected chi connectivity index (χ3v) is 4.30. The molecule has 0 aliphatic carbocycles. The van der Waals surface area contributed by atoms with Gasteiger partial charge >= 0.3 is 0 Å². The Bertz CT molecular complexity index is 698. The van der Waals surface area contributed by atoms with Gasteiger partial charge in [-0.05, 0) is 30.5 Å². The van der Waals surface area contributed by atoms with E-state index in [9.17, 15) is 4.79 Å². The molecule has 1 fully saturated rings. The van der Waals surface area contributed by atoms with Crippen molar-refractivity contribution in [3.05, 3.63) is 53.6 Å². The summed E-state index contributed by atoms with van der Waals surface area (Å²) in [6.07, 6.45) is 5.13. The van der Waals surface area contributed by atoms with Gasteiger partial charge in [-0.1, -0.05) is 12.1 Å². The van der Waals surface area contributed by atoms with Crippen LogP contribution in [-0.4, -0.2) is 35.2 Å². The van der Waals surface area contributed by atoms with Crippen molar-refractivity contribution in [2.45, 2.75) is 31.6 Å². The van der Waals surface area contributed by atoms with E-state index >= 15 is 0 Å². The topological polar surface area (TPSA) is 65.4 Å². The highest BCUT2D eigenvalue weighted by atomic mass is 16.5. The maximum Gasteiger partial charge on any atom is 0.251 e. The minimum absolute atomic E-state index is 0.0311. The van der Waals surface area contributed by atoms with E-state index in [4.69, 9.17) is 9.47 Å². The van der Waals surface area contributed by atoms with Crippen LogP contribution < -0.4 is 5.32 Å². The zero-order chi connectivity index (χ0) is 16.9. The minimum atomic E-state index is -0.0522. The predicted octanol–water partition coefficient (Wildman–Crippen LogP) is 2.22. The molecule has 6 heteroatoms. The second kappa shape index (κ2) is 7.59. The van der Waals surface area contributed by atoms with Gasteiger partial charge in [0, 0.05) is 32.4 Å². The molecule has 2 atom stereocenters. The number of nitrogens with zero attached hydrogens (tertiary/aromatic N) is 2. The van der Waals surface area contributed by atoms with Gasteiger partial charge in [0.05, 0.1) is 24.8 Å². The molecule has 6 nitrogen and oxygen atoms in total. The number of hydrogen-bond donors (Lipinski definition) is 1. The third kappa shape index (κ3) is 3.83. The van der Waals surface area contributed by atoms with Gasteiger partial charge in [0.15, 0.2) is 0 Å². The summed E-state index contributed by atoms with van der Waals surface area (Å²) in [5.74, 6) is -0.0522. The zero-order valence-electron chi connectivity index (χ0n) is 14.1. The van der Waals surface area contributed by atoms with Gasteiger partial charge in [0.2, 0.25) is 0 Å². The first-order valence-corrected chi connectivity index (χ1v) is 8.14. The highest BCUT2D eigenvalue weighted by Crippen LogP contribution is 2.27. The number of methoxy groups -OCH3 is 1. The van der Waals surface area contributed by atoms with Gasteiger partial charge in [0.1, 0.15) is 6.10 Å². The lowest BCUT2D eigenvalue weighted by Crippen LogP contribution is -2.40. The summed E-state index contributed by atoms with van der Waals surface area (Å²) in [7, 11) is 3.60. The van der Waals surface area contributed by atoms with Crippen LogP contribution in [0.25, 0.3) is 0 Å². The second-order valence-electron chi connectivity index (χ2n) is 6.12. The van der Waals surface area contributed by atoms with Crippen LogP contribution in [0.3, 0.4) is 0 Å². The SMILES string of the molecule is COCc1cccc(C(=O)NC2CCOC(c3cncn3C)C2)c1. The Balaban J connectivity index is 1.64. The highest BCUT2D eigenvalue weighted by Gasteiger charge is 2.27. The largest absolute Gasteiger partial charge is 0.380 e. The number of carbonyl (C=O) groups excluding carboxylic acids is 1. The lowest BCUT2D eigenvalue weighted by molar-refractivity contribution is -0.00301. The van der Waals surface area contributed by atoms with Crippen molar-refractivity contribution in [1.82, 2.24) is 14.9 Å². The van der Waals surface area contributed by atoms with Crippen LogP contribution in [0.5, 0.6) is 0 Å². The van der Waals surface area contributed by atoms with Crippen LogP contribution >= 0.6 is 0 Å². The molecule has 24 heavy (non-hydrogen) atoms. The molecular weight excluding hydrogens is 306 g/mol. The van der Waals surface area contributed by atoms with Gasteiger partial charge in [-0.3, -0.25) is 4.79 Å². The van der Waals surface area contributed by atoms with Gasteiger partial charge in [-0.25, -0.2) is 4.98 Å². The van der Waals surface area contributed by atoms with E-state index in [0.717, 1.165) is 24.1 Å². The summed E-state index contributed by atoms with van der Waals surface area (Å²) in [5.41, 5.74) is 2.69. The van der Waals surface area contributed by atoms with Crippen molar-refractivity contribution in [3.8, 4) is 0 Å². The Morgan fingerprint density at radius 3 is 3.12 bits per heavy atom. The number of ether oxygens (including phenoxy) is 2. The number of carbonyl (C=O) groups is 1. The molecule has 2 heterocycles. The maximum absolute atomic E-state index is 12.5. The average molecular weight is 329 g/mol. The van der Waals surface area contributed by atoms with E-state index in [2.05, 4.69) is 10.3 Å². The second-order valence-corrected chi connectivity index (χ2v) is 6.12. The Kier molecular flexibility index (Phi) is 5.27. The number of nitrogens with one attached hydrogen (secondary N) is 1. The predicted molar refractivity (Wildman–Crippen MR) is 89.5 cm³/mol. The summed E-state index contributed by atoms with van der Waals surface area (Å²) >= 11 is 0. The van der Waals surface area contributed by atoms with E-state index < -0.39 is 0 Å². The highest BCUT2D eigenvalue weighted by molar-refractivity contribution is 5.94. The van der Waals surface area contributed by atoms with Gasteiger partial charge in [-0.2, -0.15) is 0 Å². The zero-order valence-corrected chi connectivity index (χ0v) is 14.1. The van der Waals surface area contributed by atoms with Gasteiger partial charge < -0.3 is 19.4 Å². The fourth-order valence-corrected chi connectivity index (χ4v) is 3.05. The molecule has 0 spiro atoms. The molecule has 1 amide bonds. The van der Waals surface area contributed by atoms with Gasteiger partial charge in [-0.15, -0.1) is 0 Å². The van der Waals surface area contributed by atoms with E-state index in [-0.39, 0.29) is 18.1 Å². The van der Waals surface area contributed by atoms with E-state index in [1.165, 1.54) is 0 Å². The lowest BCUT2D eigenvalue weighted by atomic mass is 10.0. The Morgan fingerprint density at radius 2 is 2.38 bits per heavy atom. The molecule has 2 aromatic rings. The quantitative estimate of drug-likeness (QED) is 0.913. The summed E-state index contributed by atoms with van der Waals surface area (Å²) in [4.78, 5) is 16.7. The van der Waals surface area contributed by atoms with Crippen LogP contribution in [0.15, 0.2) is 36.8 Å². The number of amides is 1. The van der Waals surface area contributed by atoms with Crippen molar-refractivity contribution in [2.75, 3.05) is 13.7 Å². The first kappa shape index (κ1) is 16.7. The van der Waals surface area contributed by atoms with Crippen LogP contribution in [0.4, 0.5) is 0 Å². The van der Waals surface area contributed by atoms with Crippen LogP contribution in [0.1, 0.15) is 40.6 Å². The molecular formula is C18H23N3O3. The molecule has 2 unspecified atom stereocenters. The number of hydrogen-bond acceptors (Lipinski definition) is 4. The fraction of sp³-hybridized carbons (Fsp3) is 0.444. The van der Waals surface area contributed by atoms with E-state index in [1.54, 1.807) is 13.4 Å². The summed E-state index contributed by atoms with van der Waals surface area (Å²) in [6, 6.07) is 7.62. The molecule has 1 aromatic carbocycles. The molecule has 1 N–H and O–H groups in total. The van der Waals surface area contributed by atoms with Crippen molar-refractivity contribution < 1.29 is 14.3 Å². The smallest absolute Gasteiger partial charge is 0.251 e. The molecule has 1 aliphatic heterocycles. The first-order valence-electron chi connectivity index (χ1n) is 8.14. The summed E-state index contributed by atoms with van der Waals surface area (Å²) in [5, 5.41) is 3.13. The minimum Gasteiger partial charge on any atom is -0.380 e. The number of benzene rings is 1. The molecule has 128 valence electrons. The van der Waals surface area contributed by atoms with E-state index in [0.29, 0.717) is 18.8 Å². The normalized spacial score (nSPS) is 20.8. The first-order chi connectivity index (χ1) is 11.7. The van der Waals surface area contributed by atoms with Crippen molar-refractivity contribution in [1.29, 1.82) is 0 Å².